The van der Waals surface area contributed by atoms with Gasteiger partial charge in [-0.1, -0.05) is 61.2 Å². The van der Waals surface area contributed by atoms with E-state index in [1.807, 2.05) is 103 Å². The first-order valence-corrected chi connectivity index (χ1v) is 16.4. The molecule has 2 heterocycles. The Morgan fingerprint density at radius 1 is 0.667 bits per heavy atom. The highest BCUT2D eigenvalue weighted by Crippen LogP contribution is 2.39. The first-order valence-electron chi connectivity index (χ1n) is 16.4. The number of rotatable bonds is 6. The summed E-state index contributed by atoms with van der Waals surface area (Å²) < 4.78 is 4.31. The minimum atomic E-state index is 0.482. The Morgan fingerprint density at radius 3 is 2.29 bits per heavy atom. The molecular weight excluding hydrogens is 623 g/mol. The van der Waals surface area contributed by atoms with Crippen LogP contribution in [0, 0.1) is 53.0 Å². The molecule has 0 aliphatic carbocycles. The summed E-state index contributed by atoms with van der Waals surface area (Å²) in [6.07, 6.45) is 5.71. The quantitative estimate of drug-likeness (QED) is 0.168. The summed E-state index contributed by atoms with van der Waals surface area (Å²) >= 11 is 0. The lowest BCUT2D eigenvalue weighted by atomic mass is 9.92. The lowest BCUT2D eigenvalue weighted by Crippen LogP contribution is -2.02. The average Bonchev–Trinajstić information content (AvgIpc) is 3.67. The number of aromatic nitrogens is 2. The fraction of sp³-hybridized carbons (Fsp3) is 0.0217. The fourth-order valence-electron chi connectivity index (χ4n) is 7.17. The van der Waals surface area contributed by atoms with Gasteiger partial charge in [0.15, 0.2) is 0 Å². The number of nitriles is 3. The van der Waals surface area contributed by atoms with Gasteiger partial charge in [-0.15, -0.1) is 0 Å². The highest BCUT2D eigenvalue weighted by atomic mass is 15.0. The van der Waals surface area contributed by atoms with Crippen molar-refractivity contribution in [1.29, 1.82) is 15.8 Å². The van der Waals surface area contributed by atoms with Crippen LogP contribution in [-0.4, -0.2) is 9.13 Å². The van der Waals surface area contributed by atoms with Crippen molar-refractivity contribution in [3.05, 3.63) is 174 Å². The summed E-state index contributed by atoms with van der Waals surface area (Å²) in [6, 6.07) is 50.9. The van der Waals surface area contributed by atoms with Crippen molar-refractivity contribution in [2.75, 3.05) is 0 Å². The van der Waals surface area contributed by atoms with Crippen molar-refractivity contribution in [3.63, 3.8) is 0 Å². The molecule has 8 rings (SSSR count). The number of allylic oxidation sites excluding steroid dienone is 2. The third kappa shape index (κ3) is 5.03. The van der Waals surface area contributed by atoms with Crippen molar-refractivity contribution in [2.24, 2.45) is 0 Å². The molecule has 0 unspecified atom stereocenters. The molecule has 0 radical (unpaired) electrons. The van der Waals surface area contributed by atoms with Crippen molar-refractivity contribution < 1.29 is 0 Å². The smallest absolute Gasteiger partial charge is 0.105 e. The van der Waals surface area contributed by atoms with E-state index >= 15 is 0 Å². The summed E-state index contributed by atoms with van der Waals surface area (Å²) in [6.45, 7) is 5.99. The van der Waals surface area contributed by atoms with Gasteiger partial charge in [-0.3, -0.25) is 0 Å². The molecule has 236 valence electrons. The van der Waals surface area contributed by atoms with Crippen LogP contribution < -0.4 is 0 Å². The maximum Gasteiger partial charge on any atom is 0.105 e. The van der Waals surface area contributed by atoms with Crippen LogP contribution in [0.3, 0.4) is 0 Å². The van der Waals surface area contributed by atoms with E-state index in [1.54, 1.807) is 6.08 Å². The number of hydrogen-bond acceptors (Lipinski definition) is 3. The highest BCUT2D eigenvalue weighted by molar-refractivity contribution is 6.09. The molecule has 0 atom stereocenters. The van der Waals surface area contributed by atoms with E-state index < -0.39 is 0 Å². The number of benzene rings is 5. The van der Waals surface area contributed by atoms with Gasteiger partial charge < -0.3 is 9.13 Å². The molecular formula is C46H27N5. The molecule has 0 fully saturated rings. The summed E-state index contributed by atoms with van der Waals surface area (Å²) in [4.78, 5) is 0. The Balaban J connectivity index is 1.35. The summed E-state index contributed by atoms with van der Waals surface area (Å²) in [5, 5.41) is 33.4. The third-order valence-corrected chi connectivity index (χ3v) is 9.42. The van der Waals surface area contributed by atoms with E-state index in [0.717, 1.165) is 77.6 Å². The first kappa shape index (κ1) is 30.7. The number of fused-ring (bicyclic) bond motifs is 4. The van der Waals surface area contributed by atoms with E-state index in [9.17, 15) is 15.8 Å². The van der Waals surface area contributed by atoms with E-state index in [4.69, 9.17) is 0 Å². The van der Waals surface area contributed by atoms with E-state index in [1.165, 1.54) is 0 Å². The summed E-state index contributed by atoms with van der Waals surface area (Å²) in [7, 11) is 0. The molecule has 0 spiro atoms. The molecule has 5 nitrogen and oxygen atoms in total. The first-order chi connectivity index (χ1) is 25.0. The van der Waals surface area contributed by atoms with E-state index in [0.29, 0.717) is 16.7 Å². The zero-order valence-electron chi connectivity index (χ0n) is 27.6. The van der Waals surface area contributed by atoms with Crippen LogP contribution in [0.15, 0.2) is 134 Å². The molecule has 0 amide bonds. The van der Waals surface area contributed by atoms with Crippen LogP contribution in [0.25, 0.3) is 72.4 Å². The van der Waals surface area contributed by atoms with Crippen LogP contribution in [0.2, 0.25) is 0 Å². The molecule has 0 N–H and O–H groups in total. The van der Waals surface area contributed by atoms with Gasteiger partial charge in [0, 0.05) is 33.1 Å². The SMILES string of the molecule is C=C/C=C\c1c(C)c2ccccc2n1-c1cccc(C#N)c1-c1cc(C#N)cc(-c2cccc(-n3c4c#cccc4c4cc(C#N)ccc43)c2)c1. The summed E-state index contributed by atoms with van der Waals surface area (Å²) in [5.74, 6) is 0. The van der Waals surface area contributed by atoms with Gasteiger partial charge in [-0.05, 0) is 120 Å². The second-order valence-corrected chi connectivity index (χ2v) is 12.3. The minimum Gasteiger partial charge on any atom is -0.309 e. The Hall–Kier alpha value is -7.57. The maximum atomic E-state index is 10.5. The topological polar surface area (TPSA) is 81.2 Å². The number of nitrogens with zero attached hydrogens (tertiary/aromatic N) is 5. The van der Waals surface area contributed by atoms with E-state index in [-0.39, 0.29) is 0 Å². The largest absolute Gasteiger partial charge is 0.309 e. The zero-order valence-corrected chi connectivity index (χ0v) is 27.6. The number of hydrogen-bond donors (Lipinski definition) is 0. The molecule has 0 saturated carbocycles. The van der Waals surface area contributed by atoms with Crippen LogP contribution in [0.4, 0.5) is 0 Å². The average molecular weight is 650 g/mol. The molecule has 5 heteroatoms. The summed E-state index contributed by atoms with van der Waals surface area (Å²) in [5.41, 5.74) is 11.5. The third-order valence-electron chi connectivity index (χ3n) is 9.42. The van der Waals surface area contributed by atoms with Crippen molar-refractivity contribution in [2.45, 2.75) is 6.92 Å². The number of aryl methyl sites for hydroxylation is 1. The predicted octanol–water partition coefficient (Wildman–Crippen LogP) is 10.8. The van der Waals surface area contributed by atoms with Gasteiger partial charge >= 0.3 is 0 Å². The van der Waals surface area contributed by atoms with Gasteiger partial charge in [0.05, 0.1) is 51.6 Å². The molecule has 0 aliphatic rings. The molecule has 8 aromatic rings. The van der Waals surface area contributed by atoms with E-state index in [2.05, 4.69) is 77.2 Å². The van der Waals surface area contributed by atoms with Gasteiger partial charge in [0.2, 0.25) is 0 Å². The highest BCUT2D eigenvalue weighted by Gasteiger charge is 2.20. The lowest BCUT2D eigenvalue weighted by molar-refractivity contribution is 1.10. The standard InChI is InChI=1S/C46H27N5/c1-3-4-16-41-30(2)38-14-5-7-17-42(38)51(41)45-19-10-12-34(29-49)46(45)36-23-32(28-48)22-35(25-36)33-11-9-13-37(26-33)50-43-18-8-6-15-39(43)40-24-31(27-47)20-21-44(40)50/h3-7,9-17,19-26H,1H2,2H3/b16-4-. The Labute approximate surface area is 295 Å². The zero-order chi connectivity index (χ0) is 35.1. The van der Waals surface area contributed by atoms with Crippen molar-refractivity contribution in [3.8, 4) is 51.8 Å². The fourth-order valence-corrected chi connectivity index (χ4v) is 7.17. The molecule has 51 heavy (non-hydrogen) atoms. The van der Waals surface area contributed by atoms with Crippen LogP contribution in [0.5, 0.6) is 0 Å². The van der Waals surface area contributed by atoms with Gasteiger partial charge in [-0.25, -0.2) is 0 Å². The Morgan fingerprint density at radius 2 is 1.47 bits per heavy atom. The normalized spacial score (nSPS) is 11.0. The molecule has 6 aromatic carbocycles. The number of para-hydroxylation sites is 1. The predicted molar refractivity (Wildman–Crippen MR) is 204 cm³/mol. The second-order valence-electron chi connectivity index (χ2n) is 12.3. The van der Waals surface area contributed by atoms with Gasteiger partial charge in [0.1, 0.15) is 5.52 Å². The Bertz CT molecular complexity index is 2880. The molecule has 0 saturated heterocycles. The van der Waals surface area contributed by atoms with Crippen LogP contribution >= 0.6 is 0 Å². The lowest BCUT2D eigenvalue weighted by Gasteiger charge is -2.18. The van der Waals surface area contributed by atoms with Crippen LogP contribution in [0.1, 0.15) is 27.9 Å². The second kappa shape index (κ2) is 12.5. The molecule has 0 bridgehead atoms. The minimum absolute atomic E-state index is 0.482. The molecule has 0 aliphatic heterocycles. The van der Waals surface area contributed by atoms with Gasteiger partial charge in [0.25, 0.3) is 0 Å². The maximum absolute atomic E-state index is 10.5. The van der Waals surface area contributed by atoms with Crippen molar-refractivity contribution in [1.82, 2.24) is 9.13 Å². The van der Waals surface area contributed by atoms with Crippen LogP contribution in [-0.2, 0) is 0 Å². The van der Waals surface area contributed by atoms with Crippen molar-refractivity contribution >= 4 is 38.8 Å². The van der Waals surface area contributed by atoms with Gasteiger partial charge in [-0.2, -0.15) is 15.8 Å². The Kier molecular flexibility index (Phi) is 7.52. The monoisotopic (exact) mass is 649 g/mol. The molecule has 2 aromatic heterocycles.